The summed E-state index contributed by atoms with van der Waals surface area (Å²) in [5, 5.41) is 0. The van der Waals surface area contributed by atoms with E-state index in [9.17, 15) is 14.0 Å². The van der Waals surface area contributed by atoms with Crippen molar-refractivity contribution in [3.05, 3.63) is 59.9 Å². The Labute approximate surface area is 138 Å². The second-order valence-corrected chi connectivity index (χ2v) is 4.83. The number of ether oxygens (including phenoxy) is 2. The van der Waals surface area contributed by atoms with Gasteiger partial charge in [0.2, 0.25) is 0 Å². The van der Waals surface area contributed by atoms with Crippen molar-refractivity contribution in [3.63, 3.8) is 0 Å². The molecule has 0 aliphatic carbocycles. The molecular formula is C17H17FN2O4. The molecule has 0 saturated heterocycles. The van der Waals surface area contributed by atoms with Crippen molar-refractivity contribution in [2.75, 3.05) is 7.11 Å². The van der Waals surface area contributed by atoms with Crippen LogP contribution < -0.4 is 20.3 Å². The standard InChI is InChI=1S/C17H17FN2O4/c1-11(24-15-10-6-4-8-13(15)18)16(21)19-20-17(22)12-7-3-5-9-14(12)23-2/h3-11H,1-2H3,(H,19,21)(H,20,22)/t11-/m1/s1. The summed E-state index contributed by atoms with van der Waals surface area (Å²) in [6.07, 6.45) is -1.00. The Hall–Kier alpha value is -3.09. The van der Waals surface area contributed by atoms with Gasteiger partial charge in [0.05, 0.1) is 12.7 Å². The molecule has 0 fully saturated rings. The minimum absolute atomic E-state index is 0.0452. The monoisotopic (exact) mass is 332 g/mol. The molecule has 6 nitrogen and oxygen atoms in total. The van der Waals surface area contributed by atoms with E-state index in [1.807, 2.05) is 0 Å². The first-order chi connectivity index (χ1) is 11.5. The third kappa shape index (κ3) is 4.22. The van der Waals surface area contributed by atoms with Crippen LogP contribution in [0.1, 0.15) is 17.3 Å². The Morgan fingerprint density at radius 3 is 2.29 bits per heavy atom. The molecule has 2 aromatic carbocycles. The van der Waals surface area contributed by atoms with E-state index < -0.39 is 23.7 Å². The highest BCUT2D eigenvalue weighted by molar-refractivity contribution is 5.98. The number of rotatable bonds is 5. The summed E-state index contributed by atoms with van der Waals surface area (Å²) in [6.45, 7) is 1.44. The number of benzene rings is 2. The first kappa shape index (κ1) is 17.3. The maximum atomic E-state index is 13.5. The summed E-state index contributed by atoms with van der Waals surface area (Å²) in [7, 11) is 1.44. The molecule has 2 amide bonds. The number of carbonyl (C=O) groups is 2. The predicted molar refractivity (Wildman–Crippen MR) is 85.1 cm³/mol. The topological polar surface area (TPSA) is 76.7 Å². The summed E-state index contributed by atoms with van der Waals surface area (Å²) in [4.78, 5) is 24.0. The van der Waals surface area contributed by atoms with Crippen molar-refractivity contribution >= 4 is 11.8 Å². The molecule has 7 heteroatoms. The van der Waals surface area contributed by atoms with Gasteiger partial charge in [-0.05, 0) is 31.2 Å². The zero-order valence-corrected chi connectivity index (χ0v) is 13.2. The quantitative estimate of drug-likeness (QED) is 0.822. The Morgan fingerprint density at radius 1 is 1.00 bits per heavy atom. The van der Waals surface area contributed by atoms with Crippen LogP contribution in [0.3, 0.4) is 0 Å². The maximum absolute atomic E-state index is 13.5. The number of hydrogen-bond donors (Lipinski definition) is 2. The minimum atomic E-state index is -1.00. The van der Waals surface area contributed by atoms with Gasteiger partial charge in [-0.15, -0.1) is 0 Å². The molecule has 0 aromatic heterocycles. The Bertz CT molecular complexity index is 736. The molecule has 0 unspecified atom stereocenters. The average molecular weight is 332 g/mol. The van der Waals surface area contributed by atoms with Gasteiger partial charge in [0.25, 0.3) is 11.8 Å². The molecule has 0 saturated carbocycles. The van der Waals surface area contributed by atoms with Gasteiger partial charge in [-0.2, -0.15) is 0 Å². The molecule has 24 heavy (non-hydrogen) atoms. The molecule has 0 bridgehead atoms. The number of hydrogen-bond acceptors (Lipinski definition) is 4. The Kier molecular flexibility index (Phi) is 5.73. The molecule has 2 aromatic rings. The number of amides is 2. The van der Waals surface area contributed by atoms with Gasteiger partial charge >= 0.3 is 0 Å². The average Bonchev–Trinajstić information content (AvgIpc) is 2.61. The van der Waals surface area contributed by atoms with Crippen molar-refractivity contribution in [2.45, 2.75) is 13.0 Å². The van der Waals surface area contributed by atoms with Crippen LogP contribution >= 0.6 is 0 Å². The molecule has 0 aliphatic heterocycles. The van der Waals surface area contributed by atoms with Crippen molar-refractivity contribution in [2.24, 2.45) is 0 Å². The SMILES string of the molecule is COc1ccccc1C(=O)NNC(=O)[C@@H](C)Oc1ccccc1F. The van der Waals surface area contributed by atoms with Gasteiger partial charge in [0.15, 0.2) is 17.7 Å². The van der Waals surface area contributed by atoms with E-state index in [1.54, 1.807) is 30.3 Å². The third-order valence-corrected chi connectivity index (χ3v) is 3.16. The van der Waals surface area contributed by atoms with Crippen LogP contribution in [0, 0.1) is 5.82 Å². The van der Waals surface area contributed by atoms with Crippen LogP contribution in [-0.4, -0.2) is 25.0 Å². The summed E-state index contributed by atoms with van der Waals surface area (Å²) in [5.41, 5.74) is 4.76. The van der Waals surface area contributed by atoms with E-state index in [0.717, 1.165) is 0 Å². The molecule has 0 radical (unpaired) electrons. The molecule has 2 N–H and O–H groups in total. The van der Waals surface area contributed by atoms with Crippen LogP contribution in [0.5, 0.6) is 11.5 Å². The van der Waals surface area contributed by atoms with Crippen LogP contribution in [0.15, 0.2) is 48.5 Å². The largest absolute Gasteiger partial charge is 0.496 e. The van der Waals surface area contributed by atoms with Crippen molar-refractivity contribution < 1.29 is 23.5 Å². The van der Waals surface area contributed by atoms with Gasteiger partial charge in [-0.1, -0.05) is 24.3 Å². The zero-order valence-electron chi connectivity index (χ0n) is 13.2. The Morgan fingerprint density at radius 2 is 1.62 bits per heavy atom. The molecule has 2 rings (SSSR count). The summed E-state index contributed by atoms with van der Waals surface area (Å²) >= 11 is 0. The predicted octanol–water partition coefficient (Wildman–Crippen LogP) is 2.06. The van der Waals surface area contributed by atoms with E-state index >= 15 is 0 Å². The van der Waals surface area contributed by atoms with Gasteiger partial charge < -0.3 is 9.47 Å². The normalized spacial score (nSPS) is 11.3. The van der Waals surface area contributed by atoms with Crippen molar-refractivity contribution in [1.82, 2.24) is 10.9 Å². The van der Waals surface area contributed by atoms with Gasteiger partial charge in [0, 0.05) is 0 Å². The number of halogens is 1. The second-order valence-electron chi connectivity index (χ2n) is 4.83. The van der Waals surface area contributed by atoms with Gasteiger partial charge in [-0.25, -0.2) is 4.39 Å². The van der Waals surface area contributed by atoms with Crippen LogP contribution in [0.4, 0.5) is 4.39 Å². The first-order valence-electron chi connectivity index (χ1n) is 7.17. The lowest BCUT2D eigenvalue weighted by atomic mass is 10.2. The lowest BCUT2D eigenvalue weighted by Gasteiger charge is -2.16. The summed E-state index contributed by atoms with van der Waals surface area (Å²) in [6, 6.07) is 12.3. The van der Waals surface area contributed by atoms with E-state index in [4.69, 9.17) is 9.47 Å². The molecule has 0 aliphatic rings. The van der Waals surface area contributed by atoms with Crippen molar-refractivity contribution in [3.8, 4) is 11.5 Å². The lowest BCUT2D eigenvalue weighted by Crippen LogP contribution is -2.47. The zero-order chi connectivity index (χ0) is 17.5. The minimum Gasteiger partial charge on any atom is -0.496 e. The number of methoxy groups -OCH3 is 1. The van der Waals surface area contributed by atoms with Gasteiger partial charge in [0.1, 0.15) is 5.75 Å². The van der Waals surface area contributed by atoms with Crippen LogP contribution in [-0.2, 0) is 4.79 Å². The first-order valence-corrected chi connectivity index (χ1v) is 7.17. The molecule has 126 valence electrons. The highest BCUT2D eigenvalue weighted by Crippen LogP contribution is 2.17. The highest BCUT2D eigenvalue weighted by Gasteiger charge is 2.18. The lowest BCUT2D eigenvalue weighted by molar-refractivity contribution is -0.128. The van der Waals surface area contributed by atoms with Crippen LogP contribution in [0.25, 0.3) is 0 Å². The third-order valence-electron chi connectivity index (χ3n) is 3.16. The number of hydrazine groups is 1. The number of nitrogens with one attached hydrogen (secondary N) is 2. The molecule has 0 heterocycles. The molecular weight excluding hydrogens is 315 g/mol. The molecule has 0 spiro atoms. The van der Waals surface area contributed by atoms with Crippen molar-refractivity contribution in [1.29, 1.82) is 0 Å². The van der Waals surface area contributed by atoms with E-state index in [-0.39, 0.29) is 11.3 Å². The fourth-order valence-electron chi connectivity index (χ4n) is 1.90. The fourth-order valence-corrected chi connectivity index (χ4v) is 1.90. The number of para-hydroxylation sites is 2. The summed E-state index contributed by atoms with van der Waals surface area (Å²) < 4.78 is 23.8. The summed E-state index contributed by atoms with van der Waals surface area (Å²) in [5.74, 6) is -1.41. The van der Waals surface area contributed by atoms with Gasteiger partial charge in [-0.3, -0.25) is 20.4 Å². The smallest absolute Gasteiger partial charge is 0.279 e. The second kappa shape index (κ2) is 7.96. The molecule has 1 atom stereocenters. The fraction of sp³-hybridized carbons (Fsp3) is 0.176. The van der Waals surface area contributed by atoms with E-state index in [2.05, 4.69) is 10.9 Å². The van der Waals surface area contributed by atoms with E-state index in [1.165, 1.54) is 32.2 Å². The van der Waals surface area contributed by atoms with Crippen LogP contribution in [0.2, 0.25) is 0 Å². The Balaban J connectivity index is 1.92. The number of carbonyl (C=O) groups excluding carboxylic acids is 2. The highest BCUT2D eigenvalue weighted by atomic mass is 19.1. The maximum Gasteiger partial charge on any atom is 0.279 e. The van der Waals surface area contributed by atoms with E-state index in [0.29, 0.717) is 5.75 Å².